The molecule has 2 aliphatic rings. The average Bonchev–Trinajstić information content (AvgIpc) is 3.74. The molecule has 0 spiro atoms. The maximum Gasteiger partial charge on any atom is 0.522 e. The van der Waals surface area contributed by atoms with E-state index in [9.17, 15) is 13.2 Å². The Labute approximate surface area is 279 Å². The van der Waals surface area contributed by atoms with E-state index in [0.717, 1.165) is 57.6 Å². The largest absolute Gasteiger partial charge is 0.522 e. The standard InChI is InChI=1S/C30H36ClF3N10O4/c1-20(17-43-19-37-40-41-43)48-27-14-21(2-7-25(27)31)22-15-35-29(36-16-22)38-26-18-44(39-28(26)46-12-13-47-30(32,33)34)24-5-3-23(4-6-24)42-8-10-45-11-9-42/h2,7,14-16,18-20,23-24H,3-6,8-13,17H2,1H3,(H,35,36,38)/t20-,23?,24?/m0/s1. The van der Waals surface area contributed by atoms with Gasteiger partial charge in [0.2, 0.25) is 5.95 Å². The topological polar surface area (TPSA) is 139 Å². The Bertz CT molecular complexity index is 1600. The number of benzene rings is 1. The lowest BCUT2D eigenvalue weighted by Crippen LogP contribution is -2.45. The monoisotopic (exact) mass is 692 g/mol. The van der Waals surface area contributed by atoms with Crippen molar-refractivity contribution in [2.45, 2.75) is 63.7 Å². The van der Waals surface area contributed by atoms with Crippen LogP contribution in [-0.4, -0.2) is 103 Å². The summed E-state index contributed by atoms with van der Waals surface area (Å²) in [5.41, 5.74) is 1.93. The fraction of sp³-hybridized carbons (Fsp3) is 0.533. The molecule has 14 nitrogen and oxygen atoms in total. The molecule has 0 amide bonds. The summed E-state index contributed by atoms with van der Waals surface area (Å²) < 4.78 is 62.0. The second kappa shape index (κ2) is 15.4. The summed E-state index contributed by atoms with van der Waals surface area (Å²) >= 11 is 6.41. The van der Waals surface area contributed by atoms with Crippen molar-refractivity contribution in [3.05, 3.63) is 48.1 Å². The average molecular weight is 693 g/mol. The van der Waals surface area contributed by atoms with Gasteiger partial charge in [-0.15, -0.1) is 23.4 Å². The van der Waals surface area contributed by atoms with Gasteiger partial charge in [-0.2, -0.15) is 0 Å². The predicted molar refractivity (Wildman–Crippen MR) is 167 cm³/mol. The van der Waals surface area contributed by atoms with Gasteiger partial charge in [0.15, 0.2) is 0 Å². The van der Waals surface area contributed by atoms with Crippen LogP contribution >= 0.6 is 11.6 Å². The van der Waals surface area contributed by atoms with E-state index >= 15 is 0 Å². The van der Waals surface area contributed by atoms with Crippen LogP contribution in [0.3, 0.4) is 0 Å². The van der Waals surface area contributed by atoms with E-state index in [4.69, 9.17) is 25.8 Å². The first-order valence-corrected chi connectivity index (χ1v) is 16.1. The number of morpholine rings is 1. The molecule has 1 saturated heterocycles. The van der Waals surface area contributed by atoms with Crippen molar-refractivity contribution < 1.29 is 32.1 Å². The molecule has 258 valence electrons. The molecule has 0 radical (unpaired) electrons. The third-order valence-corrected chi connectivity index (χ3v) is 8.53. The van der Waals surface area contributed by atoms with Gasteiger partial charge >= 0.3 is 6.36 Å². The Kier molecular flexibility index (Phi) is 10.9. The van der Waals surface area contributed by atoms with E-state index in [-0.39, 0.29) is 30.6 Å². The minimum atomic E-state index is -4.75. The van der Waals surface area contributed by atoms with Gasteiger partial charge in [-0.3, -0.25) is 14.3 Å². The first kappa shape index (κ1) is 33.8. The summed E-state index contributed by atoms with van der Waals surface area (Å²) in [6.45, 7) is 4.70. The number of ether oxygens (including phenoxy) is 4. The van der Waals surface area contributed by atoms with Crippen molar-refractivity contribution in [1.29, 1.82) is 0 Å². The molecule has 1 aromatic carbocycles. The summed E-state index contributed by atoms with van der Waals surface area (Å²) in [5.74, 6) is 0.880. The van der Waals surface area contributed by atoms with Gasteiger partial charge in [0.25, 0.3) is 5.88 Å². The molecule has 4 aromatic rings. The Hall–Kier alpha value is -4.06. The van der Waals surface area contributed by atoms with Gasteiger partial charge in [0, 0.05) is 37.1 Å². The summed E-state index contributed by atoms with van der Waals surface area (Å²) in [6.07, 6.45) is 5.42. The zero-order chi connectivity index (χ0) is 33.5. The number of alkyl halides is 3. The number of aromatic nitrogens is 8. The lowest BCUT2D eigenvalue weighted by atomic mass is 9.90. The molecule has 1 aliphatic carbocycles. The maximum absolute atomic E-state index is 12.5. The SMILES string of the molecule is C[C@@H](Cn1cnnn1)Oc1cc(-c2cnc(Nc3cn(C4CCC(N5CCOCC5)CC4)nc3OCCOC(F)(F)F)nc2)ccc1Cl. The highest BCUT2D eigenvalue weighted by Crippen LogP contribution is 2.35. The summed E-state index contributed by atoms with van der Waals surface area (Å²) in [6, 6.07) is 5.99. The molecule has 1 saturated carbocycles. The fourth-order valence-corrected chi connectivity index (χ4v) is 6.06. The highest BCUT2D eigenvalue weighted by Gasteiger charge is 2.30. The third kappa shape index (κ3) is 9.09. The van der Waals surface area contributed by atoms with E-state index in [1.807, 2.05) is 17.7 Å². The smallest absolute Gasteiger partial charge is 0.487 e. The molecule has 3 aromatic heterocycles. The molecule has 48 heavy (non-hydrogen) atoms. The van der Waals surface area contributed by atoms with E-state index in [2.05, 4.69) is 45.5 Å². The Balaban J connectivity index is 1.12. The van der Waals surface area contributed by atoms with Crippen LogP contribution in [0.1, 0.15) is 38.6 Å². The normalized spacial score (nSPS) is 19.6. The molecule has 0 bridgehead atoms. The maximum atomic E-state index is 12.5. The highest BCUT2D eigenvalue weighted by atomic mass is 35.5. The van der Waals surface area contributed by atoms with Gasteiger partial charge in [-0.05, 0) is 60.7 Å². The first-order chi connectivity index (χ1) is 23.2. The van der Waals surface area contributed by atoms with E-state index in [1.54, 1.807) is 35.4 Å². The van der Waals surface area contributed by atoms with Crippen LogP contribution in [0.15, 0.2) is 43.1 Å². The summed E-state index contributed by atoms with van der Waals surface area (Å²) in [5, 5.41) is 19.3. The third-order valence-electron chi connectivity index (χ3n) is 8.21. The molecule has 2 fully saturated rings. The quantitative estimate of drug-likeness (QED) is 0.190. The highest BCUT2D eigenvalue weighted by molar-refractivity contribution is 6.32. The van der Waals surface area contributed by atoms with Crippen LogP contribution in [-0.2, 0) is 16.0 Å². The van der Waals surface area contributed by atoms with Gasteiger partial charge in [0.1, 0.15) is 30.5 Å². The predicted octanol–water partition coefficient (Wildman–Crippen LogP) is 4.92. The molecular weight excluding hydrogens is 657 g/mol. The number of nitrogens with one attached hydrogen (secondary N) is 1. The Morgan fingerprint density at radius 2 is 1.79 bits per heavy atom. The van der Waals surface area contributed by atoms with E-state index in [1.165, 1.54) is 6.33 Å². The number of hydrogen-bond acceptors (Lipinski definition) is 12. The van der Waals surface area contributed by atoms with Crippen LogP contribution in [0.5, 0.6) is 11.6 Å². The van der Waals surface area contributed by atoms with Crippen LogP contribution in [0.25, 0.3) is 11.1 Å². The molecule has 4 heterocycles. The van der Waals surface area contributed by atoms with Crippen molar-refractivity contribution in [2.24, 2.45) is 0 Å². The number of tetrazole rings is 1. The van der Waals surface area contributed by atoms with Crippen LogP contribution in [0.2, 0.25) is 5.02 Å². The lowest BCUT2D eigenvalue weighted by molar-refractivity contribution is -0.325. The van der Waals surface area contributed by atoms with Gasteiger partial charge in [-0.25, -0.2) is 14.6 Å². The van der Waals surface area contributed by atoms with Gasteiger partial charge < -0.3 is 19.5 Å². The molecule has 6 rings (SSSR count). The Morgan fingerprint density at radius 1 is 1.04 bits per heavy atom. The van der Waals surface area contributed by atoms with E-state index in [0.29, 0.717) is 34.6 Å². The number of rotatable bonds is 13. The molecule has 1 N–H and O–H groups in total. The second-order valence-corrected chi connectivity index (χ2v) is 12.0. The second-order valence-electron chi connectivity index (χ2n) is 11.6. The number of halogens is 4. The number of hydrogen-bond donors (Lipinski definition) is 1. The summed E-state index contributed by atoms with van der Waals surface area (Å²) in [7, 11) is 0. The zero-order valence-corrected chi connectivity index (χ0v) is 27.0. The van der Waals surface area contributed by atoms with Crippen molar-refractivity contribution in [3.8, 4) is 22.8 Å². The van der Waals surface area contributed by atoms with Gasteiger partial charge in [-0.1, -0.05) is 17.7 Å². The van der Waals surface area contributed by atoms with Crippen molar-refractivity contribution >= 4 is 23.2 Å². The fourth-order valence-electron chi connectivity index (χ4n) is 5.90. The molecule has 1 atom stereocenters. The molecule has 18 heteroatoms. The van der Waals surface area contributed by atoms with E-state index < -0.39 is 13.0 Å². The molecular formula is C30H36ClF3N10O4. The number of anilines is 2. The molecule has 1 aliphatic heterocycles. The van der Waals surface area contributed by atoms with Crippen molar-refractivity contribution in [1.82, 2.24) is 44.9 Å². The van der Waals surface area contributed by atoms with Crippen LogP contribution in [0.4, 0.5) is 24.8 Å². The Morgan fingerprint density at radius 3 is 2.50 bits per heavy atom. The first-order valence-electron chi connectivity index (χ1n) is 15.7. The van der Waals surface area contributed by atoms with Crippen molar-refractivity contribution in [2.75, 3.05) is 44.8 Å². The minimum absolute atomic E-state index is 0.117. The minimum Gasteiger partial charge on any atom is -0.487 e. The van der Waals surface area contributed by atoms with Crippen molar-refractivity contribution in [3.63, 3.8) is 0 Å². The summed E-state index contributed by atoms with van der Waals surface area (Å²) in [4.78, 5) is 11.4. The van der Waals surface area contributed by atoms with Gasteiger partial charge in [0.05, 0.1) is 43.6 Å². The van der Waals surface area contributed by atoms with Crippen LogP contribution in [0, 0.1) is 0 Å². The zero-order valence-electron chi connectivity index (χ0n) is 26.2. The van der Waals surface area contributed by atoms with Crippen LogP contribution < -0.4 is 14.8 Å². The number of nitrogens with zero attached hydrogens (tertiary/aromatic N) is 9. The lowest BCUT2D eigenvalue weighted by Gasteiger charge is -2.38. The molecule has 0 unspecified atom stereocenters.